The zero-order chi connectivity index (χ0) is 29.5. The molecule has 4 N–H and O–H groups in total. The lowest BCUT2D eigenvalue weighted by molar-refractivity contribution is -0.133. The summed E-state index contributed by atoms with van der Waals surface area (Å²) in [5.41, 5.74) is 7.55. The summed E-state index contributed by atoms with van der Waals surface area (Å²) in [5, 5.41) is 6.08. The lowest BCUT2D eigenvalue weighted by Gasteiger charge is -2.28. The molecule has 2 aromatic carbocycles. The highest BCUT2D eigenvalue weighted by atomic mass is 79.9. The molecule has 224 valence electrons. The fourth-order valence-corrected chi connectivity index (χ4v) is 5.72. The van der Waals surface area contributed by atoms with Gasteiger partial charge >= 0.3 is 5.97 Å². The van der Waals surface area contributed by atoms with E-state index in [2.05, 4.69) is 33.5 Å². The number of benzene rings is 2. The van der Waals surface area contributed by atoms with Crippen molar-refractivity contribution in [3.63, 3.8) is 0 Å². The molecular weight excluding hydrogens is 582 g/mol. The Balaban J connectivity index is 1.57. The van der Waals surface area contributed by atoms with Crippen LogP contribution < -0.4 is 21.1 Å². The summed E-state index contributed by atoms with van der Waals surface area (Å²) in [6.07, 6.45) is 10.9. The van der Waals surface area contributed by atoms with Crippen LogP contribution in [0.1, 0.15) is 82.3 Å². The third kappa shape index (κ3) is 11.6. The molecule has 0 spiro atoms. The Kier molecular flexibility index (Phi) is 14.4. The number of hydrogen-bond acceptors (Lipinski definition) is 5. The third-order valence-electron chi connectivity index (χ3n) is 7.90. The van der Waals surface area contributed by atoms with Crippen LogP contribution in [0.5, 0.6) is 5.75 Å². The zero-order valence-electron chi connectivity index (χ0n) is 24.3. The summed E-state index contributed by atoms with van der Waals surface area (Å²) in [6.45, 7) is 3.46. The Labute approximate surface area is 253 Å². The van der Waals surface area contributed by atoms with Crippen molar-refractivity contribution < 1.29 is 19.1 Å². The van der Waals surface area contributed by atoms with Gasteiger partial charge < -0.3 is 21.1 Å². The second-order valence-corrected chi connectivity index (χ2v) is 12.0. The number of esters is 1. The van der Waals surface area contributed by atoms with E-state index in [4.69, 9.17) is 10.5 Å². The first-order valence-electron chi connectivity index (χ1n) is 15.2. The quantitative estimate of drug-likeness (QED) is 0.122. The molecule has 3 rings (SSSR count). The van der Waals surface area contributed by atoms with E-state index >= 15 is 0 Å². The maximum absolute atomic E-state index is 13.2. The number of nitrogens with two attached hydrogens (primary N) is 1. The normalized spacial score (nSPS) is 17.4. The number of carbonyl (C=O) groups is 3. The summed E-state index contributed by atoms with van der Waals surface area (Å²) >= 11 is 3.46. The lowest BCUT2D eigenvalue weighted by Crippen LogP contribution is -2.50. The minimum Gasteiger partial charge on any atom is -0.426 e. The molecule has 1 atom stereocenters. The van der Waals surface area contributed by atoms with Crippen molar-refractivity contribution in [3.8, 4) is 5.75 Å². The van der Waals surface area contributed by atoms with Crippen LogP contribution in [0.4, 0.5) is 0 Å². The van der Waals surface area contributed by atoms with Crippen LogP contribution >= 0.6 is 15.9 Å². The molecule has 8 heteroatoms. The van der Waals surface area contributed by atoms with Crippen LogP contribution in [0, 0.1) is 11.8 Å². The number of nitrogens with one attached hydrogen (secondary N) is 2. The van der Waals surface area contributed by atoms with E-state index in [9.17, 15) is 14.4 Å². The molecule has 0 unspecified atom stereocenters. The van der Waals surface area contributed by atoms with Gasteiger partial charge in [0.15, 0.2) is 0 Å². The molecule has 1 aliphatic carbocycles. The number of halogens is 1. The highest BCUT2D eigenvalue weighted by Crippen LogP contribution is 2.28. The van der Waals surface area contributed by atoms with E-state index in [1.54, 1.807) is 12.1 Å². The summed E-state index contributed by atoms with van der Waals surface area (Å²) in [7, 11) is 0. The van der Waals surface area contributed by atoms with Gasteiger partial charge in [-0.1, -0.05) is 85.3 Å². The van der Waals surface area contributed by atoms with Crippen molar-refractivity contribution in [1.82, 2.24) is 10.6 Å². The smallest absolute Gasteiger partial charge is 0.315 e. The second-order valence-electron chi connectivity index (χ2n) is 11.2. The minimum absolute atomic E-state index is 0.0576. The first-order chi connectivity index (χ1) is 19.9. The Morgan fingerprint density at radius 3 is 2.32 bits per heavy atom. The van der Waals surface area contributed by atoms with Gasteiger partial charge in [0.2, 0.25) is 11.8 Å². The molecule has 0 heterocycles. The van der Waals surface area contributed by atoms with Gasteiger partial charge in [0, 0.05) is 23.4 Å². The Morgan fingerprint density at radius 2 is 1.63 bits per heavy atom. The standard InChI is InChI=1S/C33H46BrN3O4/c1-2-3-4-5-6-9-20-36-33(40)30(37-32(39)26-16-12-25(23-35)13-17-26)21-24-14-18-28(19-15-24)41-31(38)22-27-10-7-8-11-29(27)34/h7-8,10-11,14-15,18-19,25-26,30H,2-6,9,12-13,16-17,20-23,35H2,1H3,(H,36,40)(H,37,39)/t25?,26?,30-/m0/s1. The van der Waals surface area contributed by atoms with Crippen molar-refractivity contribution in [2.75, 3.05) is 13.1 Å². The van der Waals surface area contributed by atoms with E-state index in [0.29, 0.717) is 31.2 Å². The Hall–Kier alpha value is -2.71. The van der Waals surface area contributed by atoms with Crippen molar-refractivity contribution in [2.45, 2.75) is 90.0 Å². The topological polar surface area (TPSA) is 111 Å². The predicted octanol–water partition coefficient (Wildman–Crippen LogP) is 5.87. The van der Waals surface area contributed by atoms with Gasteiger partial charge in [-0.25, -0.2) is 0 Å². The van der Waals surface area contributed by atoms with Gasteiger partial charge in [-0.15, -0.1) is 0 Å². The average Bonchev–Trinajstić information content (AvgIpc) is 2.98. The first kappa shape index (κ1) is 32.8. The van der Waals surface area contributed by atoms with Crippen LogP contribution in [0.2, 0.25) is 0 Å². The second kappa shape index (κ2) is 18.0. The number of hydrogen-bond donors (Lipinski definition) is 3. The number of rotatable bonds is 16. The van der Waals surface area contributed by atoms with E-state index < -0.39 is 6.04 Å². The van der Waals surface area contributed by atoms with E-state index in [-0.39, 0.29) is 30.1 Å². The van der Waals surface area contributed by atoms with Crippen LogP contribution in [0.15, 0.2) is 53.0 Å². The van der Waals surface area contributed by atoms with Gasteiger partial charge in [-0.3, -0.25) is 14.4 Å². The molecule has 2 amide bonds. The van der Waals surface area contributed by atoms with Crippen LogP contribution in [-0.2, 0) is 27.2 Å². The predicted molar refractivity (Wildman–Crippen MR) is 166 cm³/mol. The van der Waals surface area contributed by atoms with Crippen molar-refractivity contribution >= 4 is 33.7 Å². The van der Waals surface area contributed by atoms with Crippen LogP contribution in [-0.4, -0.2) is 36.9 Å². The van der Waals surface area contributed by atoms with Crippen LogP contribution in [0.25, 0.3) is 0 Å². The molecule has 0 saturated heterocycles. The molecule has 41 heavy (non-hydrogen) atoms. The highest BCUT2D eigenvalue weighted by molar-refractivity contribution is 9.10. The fraction of sp³-hybridized carbons (Fsp3) is 0.545. The Morgan fingerprint density at radius 1 is 0.951 bits per heavy atom. The number of carbonyl (C=O) groups excluding carboxylic acids is 3. The summed E-state index contributed by atoms with van der Waals surface area (Å²) in [4.78, 5) is 38.8. The maximum Gasteiger partial charge on any atom is 0.315 e. The lowest BCUT2D eigenvalue weighted by atomic mass is 9.81. The molecule has 0 radical (unpaired) electrons. The molecule has 0 bridgehead atoms. The number of amides is 2. The molecule has 1 fully saturated rings. The summed E-state index contributed by atoms with van der Waals surface area (Å²) in [6, 6.07) is 14.0. The molecule has 0 aromatic heterocycles. The summed E-state index contributed by atoms with van der Waals surface area (Å²) in [5.74, 6) is 0.267. The molecule has 1 aliphatic rings. The average molecular weight is 629 g/mol. The van der Waals surface area contributed by atoms with E-state index in [0.717, 1.165) is 54.1 Å². The number of unbranched alkanes of at least 4 members (excludes halogenated alkanes) is 5. The van der Waals surface area contributed by atoms with Gasteiger partial charge in [-0.05, 0) is 73.9 Å². The zero-order valence-corrected chi connectivity index (χ0v) is 25.9. The van der Waals surface area contributed by atoms with Crippen molar-refractivity contribution in [1.29, 1.82) is 0 Å². The molecule has 2 aromatic rings. The third-order valence-corrected chi connectivity index (χ3v) is 8.67. The monoisotopic (exact) mass is 627 g/mol. The van der Waals surface area contributed by atoms with Crippen molar-refractivity contribution in [2.24, 2.45) is 17.6 Å². The van der Waals surface area contributed by atoms with Gasteiger partial charge in [0.05, 0.1) is 6.42 Å². The molecule has 7 nitrogen and oxygen atoms in total. The van der Waals surface area contributed by atoms with Gasteiger partial charge in [0.1, 0.15) is 11.8 Å². The van der Waals surface area contributed by atoms with Crippen molar-refractivity contribution in [3.05, 3.63) is 64.1 Å². The van der Waals surface area contributed by atoms with Gasteiger partial charge in [0.25, 0.3) is 0 Å². The maximum atomic E-state index is 13.2. The molecular formula is C33H46BrN3O4. The summed E-state index contributed by atoms with van der Waals surface area (Å²) < 4.78 is 6.39. The SMILES string of the molecule is CCCCCCCCNC(=O)[C@H](Cc1ccc(OC(=O)Cc2ccccc2Br)cc1)NC(=O)C1CCC(CN)CC1. The van der Waals surface area contributed by atoms with Crippen LogP contribution in [0.3, 0.4) is 0 Å². The Bertz CT molecular complexity index is 1100. The highest BCUT2D eigenvalue weighted by Gasteiger charge is 2.29. The first-order valence-corrected chi connectivity index (χ1v) is 16.0. The van der Waals surface area contributed by atoms with E-state index in [1.165, 1.54) is 25.7 Å². The van der Waals surface area contributed by atoms with Gasteiger partial charge in [-0.2, -0.15) is 0 Å². The van der Waals surface area contributed by atoms with E-state index in [1.807, 2.05) is 36.4 Å². The minimum atomic E-state index is -0.668. The number of ether oxygens (including phenoxy) is 1. The largest absolute Gasteiger partial charge is 0.426 e. The molecule has 0 aliphatic heterocycles. The molecule has 1 saturated carbocycles. The fourth-order valence-electron chi connectivity index (χ4n) is 5.29.